The van der Waals surface area contributed by atoms with Crippen molar-refractivity contribution in [3.63, 3.8) is 0 Å². The average molecular weight is 197 g/mol. The molecule has 0 aliphatic carbocycles. The highest BCUT2D eigenvalue weighted by atomic mass is 14.2. The molecule has 0 unspecified atom stereocenters. The van der Waals surface area contributed by atoms with Crippen molar-refractivity contribution in [1.82, 2.24) is 0 Å². The summed E-state index contributed by atoms with van der Waals surface area (Å²) in [5.74, 6) is 0. The number of hydrogen-bond acceptors (Lipinski definition) is 0. The molecule has 0 aliphatic heterocycles. The molecule has 0 saturated carbocycles. The second kappa shape index (κ2) is 3.90. The summed E-state index contributed by atoms with van der Waals surface area (Å²) in [5, 5.41) is 0. The SMILES string of the molecule is [2H]CC(C)(c1ccccc1)c1ccccc1. The van der Waals surface area contributed by atoms with E-state index in [-0.39, 0.29) is 5.41 Å². The van der Waals surface area contributed by atoms with Crippen LogP contribution in [0.3, 0.4) is 0 Å². The quantitative estimate of drug-likeness (QED) is 0.682. The van der Waals surface area contributed by atoms with E-state index in [1.54, 1.807) is 0 Å². The molecule has 0 bridgehead atoms. The van der Waals surface area contributed by atoms with Gasteiger partial charge in [0.25, 0.3) is 0 Å². The summed E-state index contributed by atoms with van der Waals surface area (Å²) in [6.07, 6.45) is 0. The van der Waals surface area contributed by atoms with Crippen LogP contribution in [0.15, 0.2) is 60.7 Å². The smallest absolute Gasteiger partial charge is 0.0243 e. The summed E-state index contributed by atoms with van der Waals surface area (Å²) >= 11 is 0. The largest absolute Gasteiger partial charge is 0.0622 e. The summed E-state index contributed by atoms with van der Waals surface area (Å²) in [5.41, 5.74) is 2.20. The fraction of sp³-hybridized carbons (Fsp3) is 0.200. The maximum absolute atomic E-state index is 7.83. The Hall–Kier alpha value is -1.56. The Morgan fingerprint density at radius 1 is 0.800 bits per heavy atom. The van der Waals surface area contributed by atoms with Crippen molar-refractivity contribution in [3.8, 4) is 0 Å². The lowest BCUT2D eigenvalue weighted by Gasteiger charge is -2.25. The van der Waals surface area contributed by atoms with Gasteiger partial charge in [0.05, 0.1) is 0 Å². The van der Waals surface area contributed by atoms with Crippen LogP contribution in [-0.2, 0) is 5.41 Å². The number of rotatable bonds is 2. The Balaban J connectivity index is 2.49. The van der Waals surface area contributed by atoms with E-state index in [9.17, 15) is 0 Å². The van der Waals surface area contributed by atoms with Crippen molar-refractivity contribution in [2.75, 3.05) is 0 Å². The Labute approximate surface area is 93.0 Å². The van der Waals surface area contributed by atoms with Crippen LogP contribution in [0.5, 0.6) is 0 Å². The first-order valence-electron chi connectivity index (χ1n) is 5.88. The van der Waals surface area contributed by atoms with Crippen LogP contribution >= 0.6 is 0 Å². The second-order valence-electron chi connectivity index (χ2n) is 4.06. The van der Waals surface area contributed by atoms with Crippen molar-refractivity contribution in [2.24, 2.45) is 0 Å². The molecule has 15 heavy (non-hydrogen) atoms. The van der Waals surface area contributed by atoms with E-state index in [0.717, 1.165) is 0 Å². The molecular weight excluding hydrogens is 180 g/mol. The fourth-order valence-electron chi connectivity index (χ4n) is 1.78. The minimum atomic E-state index is -0.206. The highest BCUT2D eigenvalue weighted by Crippen LogP contribution is 2.30. The molecule has 0 aromatic heterocycles. The van der Waals surface area contributed by atoms with Gasteiger partial charge >= 0.3 is 0 Å². The van der Waals surface area contributed by atoms with Crippen LogP contribution < -0.4 is 0 Å². The molecule has 0 aliphatic rings. The van der Waals surface area contributed by atoms with Crippen LogP contribution in [0.4, 0.5) is 0 Å². The second-order valence-corrected chi connectivity index (χ2v) is 4.06. The van der Waals surface area contributed by atoms with E-state index in [0.29, 0.717) is 6.90 Å². The first-order valence-corrected chi connectivity index (χ1v) is 5.17. The van der Waals surface area contributed by atoms with Gasteiger partial charge in [-0.2, -0.15) is 0 Å². The molecular formula is C15H16. The minimum Gasteiger partial charge on any atom is -0.0622 e. The topological polar surface area (TPSA) is 0 Å². The van der Waals surface area contributed by atoms with E-state index in [4.69, 9.17) is 1.37 Å². The van der Waals surface area contributed by atoms with Crippen molar-refractivity contribution >= 4 is 0 Å². The predicted octanol–water partition coefficient (Wildman–Crippen LogP) is 4.01. The Bertz CT molecular complexity index is 394. The van der Waals surface area contributed by atoms with Gasteiger partial charge in [-0.3, -0.25) is 0 Å². The molecule has 0 heterocycles. The first-order chi connectivity index (χ1) is 7.77. The monoisotopic (exact) mass is 197 g/mol. The molecule has 0 saturated heterocycles. The highest BCUT2D eigenvalue weighted by molar-refractivity contribution is 5.36. The van der Waals surface area contributed by atoms with Gasteiger partial charge in [0.15, 0.2) is 0 Å². The van der Waals surface area contributed by atoms with Crippen molar-refractivity contribution in [3.05, 3.63) is 71.8 Å². The van der Waals surface area contributed by atoms with E-state index >= 15 is 0 Å². The zero-order valence-corrected chi connectivity index (χ0v) is 8.98. The molecule has 76 valence electrons. The third-order valence-electron chi connectivity index (χ3n) is 2.82. The third kappa shape index (κ3) is 1.94. The standard InChI is InChI=1S/C15H16/c1-15(2,13-9-5-3-6-10-13)14-11-7-4-8-12-14/h3-12H,1-2H3/i1D. The molecule has 0 radical (unpaired) electrons. The van der Waals surface area contributed by atoms with Gasteiger partial charge in [-0.15, -0.1) is 0 Å². The Morgan fingerprint density at radius 2 is 1.20 bits per heavy atom. The number of benzene rings is 2. The molecule has 2 rings (SSSR count). The molecule has 0 N–H and O–H groups in total. The summed E-state index contributed by atoms with van der Waals surface area (Å²) < 4.78 is 7.83. The molecule has 0 nitrogen and oxygen atoms in total. The van der Waals surface area contributed by atoms with Gasteiger partial charge in [-0.1, -0.05) is 74.5 Å². The Morgan fingerprint density at radius 3 is 1.53 bits per heavy atom. The van der Waals surface area contributed by atoms with Crippen LogP contribution in [-0.4, -0.2) is 0 Å². The molecule has 2 aromatic carbocycles. The summed E-state index contributed by atoms with van der Waals surface area (Å²) in [7, 11) is 0. The Kier molecular flexibility index (Phi) is 2.27. The zero-order chi connectivity index (χ0) is 11.4. The molecule has 2 aromatic rings. The normalized spacial score (nSPS) is 12.2. The van der Waals surface area contributed by atoms with E-state index in [1.807, 2.05) is 36.4 Å². The molecule has 0 atom stereocenters. The van der Waals surface area contributed by atoms with Gasteiger partial charge in [-0.05, 0) is 11.1 Å². The average Bonchev–Trinajstić information content (AvgIpc) is 2.40. The highest BCUT2D eigenvalue weighted by Gasteiger charge is 2.21. The number of hydrogen-bond donors (Lipinski definition) is 0. The van der Waals surface area contributed by atoms with Gasteiger partial charge in [0.1, 0.15) is 0 Å². The first kappa shape index (κ1) is 8.72. The maximum atomic E-state index is 7.83. The van der Waals surface area contributed by atoms with Crippen LogP contribution in [0.25, 0.3) is 0 Å². The summed E-state index contributed by atoms with van der Waals surface area (Å²) in [6.45, 7) is 2.49. The lowest BCUT2D eigenvalue weighted by Crippen LogP contribution is -2.18. The van der Waals surface area contributed by atoms with E-state index in [2.05, 4.69) is 31.2 Å². The zero-order valence-electron chi connectivity index (χ0n) is 9.98. The van der Waals surface area contributed by atoms with Crippen molar-refractivity contribution < 1.29 is 1.37 Å². The van der Waals surface area contributed by atoms with Crippen molar-refractivity contribution in [1.29, 1.82) is 0 Å². The lowest BCUT2D eigenvalue weighted by molar-refractivity contribution is 0.641. The lowest BCUT2D eigenvalue weighted by atomic mass is 9.78. The predicted molar refractivity (Wildman–Crippen MR) is 65.0 cm³/mol. The van der Waals surface area contributed by atoms with E-state index in [1.165, 1.54) is 11.1 Å². The maximum Gasteiger partial charge on any atom is 0.0243 e. The molecule has 0 fully saturated rings. The van der Waals surface area contributed by atoms with Crippen molar-refractivity contribution in [2.45, 2.75) is 19.2 Å². The van der Waals surface area contributed by atoms with Crippen LogP contribution in [0, 0.1) is 0 Å². The fourth-order valence-corrected chi connectivity index (χ4v) is 1.78. The third-order valence-corrected chi connectivity index (χ3v) is 2.82. The molecule has 0 amide bonds. The van der Waals surface area contributed by atoms with Gasteiger partial charge < -0.3 is 0 Å². The van der Waals surface area contributed by atoms with Gasteiger partial charge in [0.2, 0.25) is 0 Å². The molecule has 0 spiro atoms. The summed E-state index contributed by atoms with van der Waals surface area (Å²) in [6, 6.07) is 20.6. The van der Waals surface area contributed by atoms with Crippen LogP contribution in [0.2, 0.25) is 0 Å². The molecule has 0 heteroatoms. The van der Waals surface area contributed by atoms with E-state index < -0.39 is 0 Å². The van der Waals surface area contributed by atoms with Gasteiger partial charge in [0, 0.05) is 6.79 Å². The minimum absolute atomic E-state index is 0.206. The van der Waals surface area contributed by atoms with Gasteiger partial charge in [-0.25, -0.2) is 0 Å². The van der Waals surface area contributed by atoms with Crippen LogP contribution in [0.1, 0.15) is 26.3 Å². The summed E-state index contributed by atoms with van der Waals surface area (Å²) in [4.78, 5) is 0.